The second kappa shape index (κ2) is 5.86. The number of rotatable bonds is 2. The zero-order valence-corrected chi connectivity index (χ0v) is 14.4. The number of amides is 1. The number of hydrogen-bond acceptors (Lipinski definition) is 3. The molecular weight excluding hydrogens is 363 g/mol. The van der Waals surface area contributed by atoms with E-state index in [2.05, 4.69) is 5.32 Å². The number of benzene rings is 2. The van der Waals surface area contributed by atoms with Gasteiger partial charge >= 0.3 is 0 Å². The average molecular weight is 375 g/mol. The van der Waals surface area contributed by atoms with Crippen LogP contribution < -0.4 is 5.32 Å². The Bertz CT molecular complexity index is 969. The quantitative estimate of drug-likeness (QED) is 0.613. The molecular formula is C18H12Cl2N2O3. The summed E-state index contributed by atoms with van der Waals surface area (Å²) in [6.07, 6.45) is 1.00. The lowest BCUT2D eigenvalue weighted by molar-refractivity contribution is -0.384. The number of hydrogen-bond donors (Lipinski definition) is 1. The van der Waals surface area contributed by atoms with Crippen LogP contribution in [0.5, 0.6) is 0 Å². The van der Waals surface area contributed by atoms with Crippen molar-refractivity contribution in [3.05, 3.63) is 78.8 Å². The van der Waals surface area contributed by atoms with Gasteiger partial charge in [-0.15, -0.1) is 0 Å². The predicted octanol–water partition coefficient (Wildman–Crippen LogP) is 4.67. The Labute approximate surface area is 153 Å². The van der Waals surface area contributed by atoms with Crippen LogP contribution in [0.2, 0.25) is 10.0 Å². The number of piperidine rings is 1. The van der Waals surface area contributed by atoms with Crippen LogP contribution in [0.3, 0.4) is 0 Å². The molecule has 1 unspecified atom stereocenters. The summed E-state index contributed by atoms with van der Waals surface area (Å²) in [7, 11) is 0. The summed E-state index contributed by atoms with van der Waals surface area (Å²) in [5.74, 6) is -0.00186. The zero-order chi connectivity index (χ0) is 17.7. The maximum Gasteiger partial charge on any atom is 0.288 e. The lowest BCUT2D eigenvalue weighted by atomic mass is 9.93. The van der Waals surface area contributed by atoms with Gasteiger partial charge in [-0.2, -0.15) is 0 Å². The minimum absolute atomic E-state index is 0.00186. The molecule has 126 valence electrons. The first-order valence-electron chi connectivity index (χ1n) is 7.72. The maximum atomic E-state index is 11.8. The molecule has 1 amide bonds. The standard InChI is InChI=1S/C18H12Cl2N2O3/c19-10-2-3-11-13(8-10)17(12-4-6-16(23)21-18(11)12)9-1-5-14(20)15(7-9)22(24)25/h1-3,5,7-8,18H,4,6H2,(H,21,23). The van der Waals surface area contributed by atoms with Crippen molar-refractivity contribution in [1.82, 2.24) is 5.32 Å². The number of nitrogens with zero attached hydrogens (tertiary/aromatic N) is 1. The number of halogens is 2. The van der Waals surface area contributed by atoms with Crippen molar-refractivity contribution in [2.45, 2.75) is 18.9 Å². The minimum Gasteiger partial charge on any atom is -0.345 e. The molecule has 4 rings (SSSR count). The number of nitro benzene ring substituents is 1. The van der Waals surface area contributed by atoms with E-state index in [0.717, 1.165) is 22.3 Å². The third-order valence-corrected chi connectivity index (χ3v) is 5.18. The Balaban J connectivity index is 1.95. The van der Waals surface area contributed by atoms with Crippen LogP contribution in [0.15, 0.2) is 42.0 Å². The topological polar surface area (TPSA) is 72.2 Å². The summed E-state index contributed by atoms with van der Waals surface area (Å²) < 4.78 is 0. The molecule has 1 heterocycles. The highest BCUT2D eigenvalue weighted by Gasteiger charge is 2.36. The van der Waals surface area contributed by atoms with Gasteiger partial charge in [0.05, 0.1) is 11.0 Å². The van der Waals surface area contributed by atoms with Gasteiger partial charge in [-0.05, 0) is 52.5 Å². The largest absolute Gasteiger partial charge is 0.345 e. The number of fused-ring (bicyclic) bond motifs is 3. The van der Waals surface area contributed by atoms with Crippen molar-refractivity contribution >= 4 is 40.4 Å². The zero-order valence-electron chi connectivity index (χ0n) is 12.9. The van der Waals surface area contributed by atoms with E-state index < -0.39 is 4.92 Å². The maximum absolute atomic E-state index is 11.8. The van der Waals surface area contributed by atoms with Crippen molar-refractivity contribution in [2.75, 3.05) is 0 Å². The molecule has 2 aliphatic rings. The van der Waals surface area contributed by atoms with Crippen LogP contribution in [0.25, 0.3) is 5.57 Å². The molecule has 7 heteroatoms. The lowest BCUT2D eigenvalue weighted by Gasteiger charge is -2.24. The van der Waals surface area contributed by atoms with Gasteiger partial charge in [-0.25, -0.2) is 0 Å². The normalized spacial score (nSPS) is 18.6. The molecule has 0 bridgehead atoms. The lowest BCUT2D eigenvalue weighted by Crippen LogP contribution is -2.32. The first-order valence-corrected chi connectivity index (χ1v) is 8.48. The van der Waals surface area contributed by atoms with E-state index in [4.69, 9.17) is 23.2 Å². The Morgan fingerprint density at radius 3 is 2.68 bits per heavy atom. The Morgan fingerprint density at radius 1 is 1.12 bits per heavy atom. The molecule has 2 aromatic carbocycles. The summed E-state index contributed by atoms with van der Waals surface area (Å²) in [5.41, 5.74) is 4.36. The van der Waals surface area contributed by atoms with E-state index in [0.29, 0.717) is 23.4 Å². The van der Waals surface area contributed by atoms with E-state index in [9.17, 15) is 14.9 Å². The molecule has 1 fully saturated rings. The highest BCUT2D eigenvalue weighted by atomic mass is 35.5. The molecule has 0 radical (unpaired) electrons. The molecule has 1 saturated heterocycles. The molecule has 1 atom stereocenters. The molecule has 0 aromatic heterocycles. The van der Waals surface area contributed by atoms with Crippen molar-refractivity contribution in [3.63, 3.8) is 0 Å². The number of nitro groups is 1. The smallest absolute Gasteiger partial charge is 0.288 e. The molecule has 0 spiro atoms. The molecule has 25 heavy (non-hydrogen) atoms. The van der Waals surface area contributed by atoms with Crippen LogP contribution in [0, 0.1) is 10.1 Å². The van der Waals surface area contributed by atoms with Gasteiger partial charge in [-0.1, -0.05) is 35.3 Å². The predicted molar refractivity (Wildman–Crippen MR) is 95.7 cm³/mol. The first-order chi connectivity index (χ1) is 12.0. The van der Waals surface area contributed by atoms with Gasteiger partial charge in [0, 0.05) is 17.5 Å². The Morgan fingerprint density at radius 2 is 1.92 bits per heavy atom. The monoisotopic (exact) mass is 374 g/mol. The minimum atomic E-state index is -0.495. The SMILES string of the molecule is O=C1CCC2=C(c3ccc(Cl)c([N+](=O)[O-])c3)c3cc(Cl)ccc3C2N1. The van der Waals surface area contributed by atoms with Gasteiger partial charge in [0.25, 0.3) is 5.69 Å². The second-order valence-corrected chi connectivity index (χ2v) is 6.90. The molecule has 2 aromatic rings. The highest BCUT2D eigenvalue weighted by Crippen LogP contribution is 2.48. The fourth-order valence-corrected chi connectivity index (χ4v) is 3.92. The van der Waals surface area contributed by atoms with Gasteiger partial charge in [0.1, 0.15) is 5.02 Å². The molecule has 1 N–H and O–H groups in total. The van der Waals surface area contributed by atoms with Crippen molar-refractivity contribution < 1.29 is 9.72 Å². The summed E-state index contributed by atoms with van der Waals surface area (Å²) in [5, 5.41) is 14.9. The third kappa shape index (κ3) is 2.60. The fraction of sp³-hybridized carbons (Fsp3) is 0.167. The Kier molecular flexibility index (Phi) is 3.78. The number of carbonyl (C=O) groups excluding carboxylic acids is 1. The van der Waals surface area contributed by atoms with Crippen LogP contribution in [0.4, 0.5) is 5.69 Å². The number of nitrogens with one attached hydrogen (secondary N) is 1. The Hall–Kier alpha value is -2.37. The number of carbonyl (C=O) groups is 1. The van der Waals surface area contributed by atoms with E-state index in [-0.39, 0.29) is 22.7 Å². The average Bonchev–Trinajstić information content (AvgIpc) is 2.88. The van der Waals surface area contributed by atoms with Crippen LogP contribution in [-0.4, -0.2) is 10.8 Å². The van der Waals surface area contributed by atoms with Crippen molar-refractivity contribution in [3.8, 4) is 0 Å². The van der Waals surface area contributed by atoms with Gasteiger partial charge in [0.2, 0.25) is 5.91 Å². The van der Waals surface area contributed by atoms with Gasteiger partial charge in [0.15, 0.2) is 0 Å². The van der Waals surface area contributed by atoms with Crippen LogP contribution in [0.1, 0.15) is 35.6 Å². The van der Waals surface area contributed by atoms with E-state index in [1.165, 1.54) is 12.1 Å². The van der Waals surface area contributed by atoms with Crippen LogP contribution >= 0.6 is 23.2 Å². The summed E-state index contributed by atoms with van der Waals surface area (Å²) >= 11 is 12.1. The van der Waals surface area contributed by atoms with Gasteiger partial charge < -0.3 is 5.32 Å². The molecule has 5 nitrogen and oxygen atoms in total. The van der Waals surface area contributed by atoms with Crippen LogP contribution in [-0.2, 0) is 4.79 Å². The molecule has 0 saturated carbocycles. The molecule has 1 aliphatic heterocycles. The summed E-state index contributed by atoms with van der Waals surface area (Å²) in [6, 6.07) is 10.1. The molecule has 1 aliphatic carbocycles. The van der Waals surface area contributed by atoms with E-state index >= 15 is 0 Å². The third-order valence-electron chi connectivity index (χ3n) is 4.62. The second-order valence-electron chi connectivity index (χ2n) is 6.06. The van der Waals surface area contributed by atoms with Gasteiger partial charge in [-0.3, -0.25) is 14.9 Å². The highest BCUT2D eigenvalue weighted by molar-refractivity contribution is 6.32. The first kappa shape index (κ1) is 16.1. The fourth-order valence-electron chi connectivity index (χ4n) is 3.57. The van der Waals surface area contributed by atoms with Crippen molar-refractivity contribution in [1.29, 1.82) is 0 Å². The van der Waals surface area contributed by atoms with E-state index in [1.54, 1.807) is 12.1 Å². The van der Waals surface area contributed by atoms with E-state index in [1.807, 2.05) is 12.1 Å². The summed E-state index contributed by atoms with van der Waals surface area (Å²) in [6.45, 7) is 0. The van der Waals surface area contributed by atoms with Crippen molar-refractivity contribution in [2.24, 2.45) is 0 Å². The summed E-state index contributed by atoms with van der Waals surface area (Å²) in [4.78, 5) is 22.6.